The maximum absolute atomic E-state index is 13.7. The number of aromatic nitrogens is 1. The molecular weight excluding hydrogens is 534 g/mol. The first-order valence-corrected chi connectivity index (χ1v) is 16.3. The molecule has 41 heavy (non-hydrogen) atoms. The number of aliphatic hydroxyl groups excluding tert-OH is 1. The molecule has 3 aromatic carbocycles. The third-order valence-corrected chi connectivity index (χ3v) is 10.0. The number of likely N-dealkylation sites (tertiary alicyclic amines) is 1. The zero-order valence-corrected chi connectivity index (χ0v) is 24.7. The largest absolute Gasteiger partial charge is 0.390 e. The minimum atomic E-state index is -3.81. The van der Waals surface area contributed by atoms with E-state index < -0.39 is 16.1 Å². The van der Waals surface area contributed by atoms with Crippen molar-refractivity contribution in [2.24, 2.45) is 0 Å². The second-order valence-corrected chi connectivity index (χ2v) is 13.2. The number of sulfonamides is 1. The van der Waals surface area contributed by atoms with Gasteiger partial charge in [0.1, 0.15) is 0 Å². The van der Waals surface area contributed by atoms with Crippen molar-refractivity contribution in [3.63, 3.8) is 0 Å². The number of hydrogen-bond acceptors (Lipinski definition) is 4. The SMILES string of the molecule is Cc1ccc(S(=O)(=O)N(CCCCCC(=O)N2CCCCC2)C[C@@H](O)Cn2c3ccccc3c3ccccc32)cc1. The molecule has 1 aliphatic heterocycles. The Hall–Kier alpha value is -3.20. The van der Waals surface area contributed by atoms with E-state index in [0.717, 1.165) is 66.1 Å². The molecule has 1 N–H and O–H groups in total. The third-order valence-electron chi connectivity index (χ3n) is 8.15. The van der Waals surface area contributed by atoms with Crippen molar-refractivity contribution in [2.45, 2.75) is 69.4 Å². The van der Waals surface area contributed by atoms with Gasteiger partial charge in [0.15, 0.2) is 0 Å². The van der Waals surface area contributed by atoms with E-state index in [1.54, 1.807) is 24.3 Å². The Kier molecular flexibility index (Phi) is 9.42. The van der Waals surface area contributed by atoms with Crippen molar-refractivity contribution >= 4 is 37.7 Å². The molecule has 1 atom stereocenters. The molecular formula is C33H41N3O4S. The van der Waals surface area contributed by atoms with Gasteiger partial charge in [-0.25, -0.2) is 8.42 Å². The number of rotatable bonds is 12. The van der Waals surface area contributed by atoms with E-state index in [0.29, 0.717) is 19.4 Å². The van der Waals surface area contributed by atoms with Crippen LogP contribution < -0.4 is 0 Å². The number of unbranched alkanes of at least 4 members (excludes halogenated alkanes) is 2. The molecule has 4 aromatic rings. The molecule has 1 fully saturated rings. The maximum Gasteiger partial charge on any atom is 0.243 e. The third kappa shape index (κ3) is 6.83. The van der Waals surface area contributed by atoms with Gasteiger partial charge < -0.3 is 14.6 Å². The lowest BCUT2D eigenvalue weighted by Gasteiger charge is -2.27. The molecule has 0 spiro atoms. The zero-order chi connectivity index (χ0) is 28.8. The highest BCUT2D eigenvalue weighted by Gasteiger charge is 2.27. The molecule has 5 rings (SSSR count). The molecule has 218 valence electrons. The summed E-state index contributed by atoms with van der Waals surface area (Å²) < 4.78 is 31.0. The fourth-order valence-electron chi connectivity index (χ4n) is 5.92. The lowest BCUT2D eigenvalue weighted by atomic mass is 10.1. The number of hydrogen-bond donors (Lipinski definition) is 1. The van der Waals surface area contributed by atoms with E-state index in [1.807, 2.05) is 48.2 Å². The smallest absolute Gasteiger partial charge is 0.243 e. The molecule has 0 saturated carbocycles. The summed E-state index contributed by atoms with van der Waals surface area (Å²) in [6.07, 6.45) is 5.05. The van der Waals surface area contributed by atoms with Crippen LogP contribution in [-0.4, -0.2) is 65.5 Å². The number of benzene rings is 3. The number of nitrogens with zero attached hydrogens (tertiary/aromatic N) is 3. The van der Waals surface area contributed by atoms with Crippen LogP contribution in [0.25, 0.3) is 21.8 Å². The fourth-order valence-corrected chi connectivity index (χ4v) is 7.43. The highest BCUT2D eigenvalue weighted by molar-refractivity contribution is 7.89. The van der Waals surface area contributed by atoms with Crippen molar-refractivity contribution in [3.05, 3.63) is 78.4 Å². The number of para-hydroxylation sites is 2. The second kappa shape index (κ2) is 13.2. The molecule has 7 nitrogen and oxygen atoms in total. The van der Waals surface area contributed by atoms with Crippen LogP contribution in [0.3, 0.4) is 0 Å². The normalized spacial score (nSPS) is 15.1. The Morgan fingerprint density at radius 1 is 0.854 bits per heavy atom. The highest BCUT2D eigenvalue weighted by atomic mass is 32.2. The quantitative estimate of drug-likeness (QED) is 0.219. The summed E-state index contributed by atoms with van der Waals surface area (Å²) in [6, 6.07) is 23.1. The van der Waals surface area contributed by atoms with E-state index >= 15 is 0 Å². The summed E-state index contributed by atoms with van der Waals surface area (Å²) in [4.78, 5) is 14.7. The van der Waals surface area contributed by atoms with Gasteiger partial charge in [0.05, 0.1) is 17.5 Å². The Morgan fingerprint density at radius 3 is 2.10 bits per heavy atom. The van der Waals surface area contributed by atoms with Crippen LogP contribution in [0.2, 0.25) is 0 Å². The standard InChI is InChI=1S/C33H41N3O4S/c1-26-17-19-28(20-18-26)41(39,40)35(23-11-2-4-16-33(38)34-21-9-3-10-22-34)24-27(37)25-36-31-14-7-5-12-29(31)30-13-6-8-15-32(30)36/h5-8,12-15,17-20,27,37H,2-4,9-11,16,21-25H2,1H3/t27-/m1/s1. The monoisotopic (exact) mass is 575 g/mol. The van der Waals surface area contributed by atoms with E-state index in [9.17, 15) is 18.3 Å². The van der Waals surface area contributed by atoms with Gasteiger partial charge in [-0.3, -0.25) is 4.79 Å². The van der Waals surface area contributed by atoms with Crippen molar-refractivity contribution in [1.29, 1.82) is 0 Å². The van der Waals surface area contributed by atoms with Crippen LogP contribution in [0.5, 0.6) is 0 Å². The predicted octanol–water partition coefficient (Wildman–Crippen LogP) is 5.73. The van der Waals surface area contributed by atoms with Gasteiger partial charge in [-0.1, -0.05) is 60.5 Å². The summed E-state index contributed by atoms with van der Waals surface area (Å²) in [7, 11) is -3.81. The van der Waals surface area contributed by atoms with Crippen LogP contribution in [0.15, 0.2) is 77.7 Å². The average Bonchev–Trinajstić information content (AvgIpc) is 3.30. The van der Waals surface area contributed by atoms with Crippen molar-refractivity contribution in [1.82, 2.24) is 13.8 Å². The second-order valence-electron chi connectivity index (χ2n) is 11.2. The van der Waals surface area contributed by atoms with Crippen LogP contribution >= 0.6 is 0 Å². The number of carbonyl (C=O) groups is 1. The minimum Gasteiger partial charge on any atom is -0.390 e. The zero-order valence-electron chi connectivity index (χ0n) is 23.9. The summed E-state index contributed by atoms with van der Waals surface area (Å²) in [5.74, 6) is 0.204. The molecule has 8 heteroatoms. The van der Waals surface area contributed by atoms with Crippen LogP contribution in [0.1, 0.15) is 50.5 Å². The topological polar surface area (TPSA) is 82.8 Å². The average molecular weight is 576 g/mol. The minimum absolute atomic E-state index is 0.0102. The molecule has 0 bridgehead atoms. The van der Waals surface area contributed by atoms with Gasteiger partial charge in [-0.15, -0.1) is 0 Å². The van der Waals surface area contributed by atoms with Gasteiger partial charge in [-0.05, 0) is 63.3 Å². The van der Waals surface area contributed by atoms with E-state index in [-0.39, 0.29) is 23.9 Å². The summed E-state index contributed by atoms with van der Waals surface area (Å²) in [6.45, 7) is 4.19. The molecule has 1 aliphatic rings. The van der Waals surface area contributed by atoms with E-state index in [2.05, 4.69) is 16.7 Å². The van der Waals surface area contributed by atoms with Crippen molar-refractivity contribution in [3.8, 4) is 0 Å². The molecule has 2 heterocycles. The summed E-state index contributed by atoms with van der Waals surface area (Å²) >= 11 is 0. The first-order valence-electron chi connectivity index (χ1n) is 14.8. The lowest BCUT2D eigenvalue weighted by Crippen LogP contribution is -2.39. The van der Waals surface area contributed by atoms with Gasteiger partial charge >= 0.3 is 0 Å². The number of fused-ring (bicyclic) bond motifs is 3. The number of carbonyl (C=O) groups excluding carboxylic acids is 1. The highest BCUT2D eigenvalue weighted by Crippen LogP contribution is 2.29. The number of aryl methyl sites for hydroxylation is 1. The van der Waals surface area contributed by atoms with E-state index in [1.165, 1.54) is 10.7 Å². The van der Waals surface area contributed by atoms with Gasteiger partial charge in [-0.2, -0.15) is 4.31 Å². The molecule has 1 amide bonds. The van der Waals surface area contributed by atoms with Crippen molar-refractivity contribution < 1.29 is 18.3 Å². The van der Waals surface area contributed by atoms with Crippen LogP contribution in [0.4, 0.5) is 0 Å². The Labute approximate surface area is 243 Å². The van der Waals surface area contributed by atoms with Gasteiger partial charge in [0.25, 0.3) is 0 Å². The summed E-state index contributed by atoms with van der Waals surface area (Å²) in [5.41, 5.74) is 3.01. The van der Waals surface area contributed by atoms with Crippen molar-refractivity contribution in [2.75, 3.05) is 26.2 Å². The lowest BCUT2D eigenvalue weighted by molar-refractivity contribution is -0.132. The Bertz CT molecular complexity index is 1520. The van der Waals surface area contributed by atoms with Gasteiger partial charge in [0, 0.05) is 54.4 Å². The molecule has 1 aromatic heterocycles. The maximum atomic E-state index is 13.7. The summed E-state index contributed by atoms with van der Waals surface area (Å²) in [5, 5.41) is 13.5. The van der Waals surface area contributed by atoms with Crippen LogP contribution in [0, 0.1) is 6.92 Å². The first-order chi connectivity index (χ1) is 19.8. The Morgan fingerprint density at radius 2 is 1.46 bits per heavy atom. The predicted molar refractivity (Wildman–Crippen MR) is 164 cm³/mol. The fraction of sp³-hybridized carbons (Fsp3) is 0.424. The first kappa shape index (κ1) is 29.3. The Balaban J connectivity index is 1.28. The van der Waals surface area contributed by atoms with Gasteiger partial charge in [0.2, 0.25) is 15.9 Å². The number of piperidine rings is 1. The number of aliphatic hydroxyl groups is 1. The number of amides is 1. The molecule has 1 saturated heterocycles. The van der Waals surface area contributed by atoms with Crippen LogP contribution in [-0.2, 0) is 21.4 Å². The molecule has 0 radical (unpaired) electrons. The van der Waals surface area contributed by atoms with E-state index in [4.69, 9.17) is 0 Å². The molecule has 0 aliphatic carbocycles. The molecule has 0 unspecified atom stereocenters.